The third kappa shape index (κ3) is 3.27. The fourth-order valence-electron chi connectivity index (χ4n) is 7.79. The van der Waals surface area contributed by atoms with E-state index in [9.17, 15) is 0 Å². The van der Waals surface area contributed by atoms with Crippen molar-refractivity contribution in [3.8, 4) is 11.6 Å². The number of nitrogens with zero attached hydrogens (tertiary/aromatic N) is 5. The topological polar surface area (TPSA) is 40.0 Å². The Morgan fingerprint density at radius 1 is 0.383 bits per heavy atom. The quantitative estimate of drug-likeness (QED) is 0.198. The van der Waals surface area contributed by atoms with Gasteiger partial charge in [0.05, 0.1) is 38.6 Å². The fraction of sp³-hybridized carbons (Fsp3) is 0. The SMILES string of the molecule is c1ccc2c(c1)ccc1c3ccccc3n(-c3ccc4c5ccccc5n(-c5nc6ccccc6c6nc7ccccc7n56)c4c3)c21. The van der Waals surface area contributed by atoms with Crippen LogP contribution in [0.4, 0.5) is 0 Å². The van der Waals surface area contributed by atoms with Gasteiger partial charge in [0.1, 0.15) is 5.65 Å². The summed E-state index contributed by atoms with van der Waals surface area (Å²) in [6, 6.07) is 54.1. The molecule has 0 N–H and O–H groups in total. The van der Waals surface area contributed by atoms with Crippen molar-refractivity contribution in [2.75, 3.05) is 0 Å². The van der Waals surface area contributed by atoms with Crippen LogP contribution < -0.4 is 0 Å². The fourth-order valence-corrected chi connectivity index (χ4v) is 7.79. The van der Waals surface area contributed by atoms with Gasteiger partial charge >= 0.3 is 0 Å². The highest BCUT2D eigenvalue weighted by Crippen LogP contribution is 2.39. The summed E-state index contributed by atoms with van der Waals surface area (Å²) in [5.41, 5.74) is 9.52. The maximum absolute atomic E-state index is 5.38. The molecule has 7 aromatic carbocycles. The summed E-state index contributed by atoms with van der Waals surface area (Å²) < 4.78 is 6.99. The largest absolute Gasteiger partial charge is 0.309 e. The lowest BCUT2D eigenvalue weighted by molar-refractivity contribution is 0.978. The molecule has 0 spiro atoms. The van der Waals surface area contributed by atoms with Gasteiger partial charge in [-0.15, -0.1) is 0 Å². The van der Waals surface area contributed by atoms with E-state index in [2.05, 4.69) is 159 Å². The first-order valence-electron chi connectivity index (χ1n) is 15.9. The smallest absolute Gasteiger partial charge is 0.221 e. The Hall–Kier alpha value is -6.46. The number of rotatable bonds is 2. The van der Waals surface area contributed by atoms with Crippen LogP contribution in [0.15, 0.2) is 152 Å². The molecule has 47 heavy (non-hydrogen) atoms. The summed E-state index contributed by atoms with van der Waals surface area (Å²) in [6.45, 7) is 0. The lowest BCUT2D eigenvalue weighted by atomic mass is 10.1. The van der Waals surface area contributed by atoms with Crippen molar-refractivity contribution in [1.29, 1.82) is 0 Å². The second kappa shape index (κ2) is 9.05. The minimum atomic E-state index is 0.823. The zero-order valence-electron chi connectivity index (χ0n) is 25.2. The first-order valence-corrected chi connectivity index (χ1v) is 15.9. The molecule has 4 heterocycles. The molecular weight excluding hydrogens is 574 g/mol. The molecule has 5 heteroatoms. The molecule has 0 radical (unpaired) electrons. The zero-order chi connectivity index (χ0) is 30.6. The summed E-state index contributed by atoms with van der Waals surface area (Å²) in [6.07, 6.45) is 0. The van der Waals surface area contributed by atoms with E-state index in [4.69, 9.17) is 9.97 Å². The van der Waals surface area contributed by atoms with E-state index in [0.717, 1.165) is 50.3 Å². The van der Waals surface area contributed by atoms with Gasteiger partial charge in [0, 0.05) is 38.0 Å². The molecule has 0 aliphatic rings. The predicted octanol–water partition coefficient (Wildman–Crippen LogP) is 10.4. The third-order valence-corrected chi connectivity index (χ3v) is 9.80. The maximum Gasteiger partial charge on any atom is 0.221 e. The van der Waals surface area contributed by atoms with Gasteiger partial charge in [-0.3, -0.25) is 8.97 Å². The van der Waals surface area contributed by atoms with Crippen LogP contribution in [-0.4, -0.2) is 23.5 Å². The summed E-state index contributed by atoms with van der Waals surface area (Å²) >= 11 is 0. The molecule has 11 rings (SSSR count). The molecule has 0 bridgehead atoms. The van der Waals surface area contributed by atoms with Crippen LogP contribution >= 0.6 is 0 Å². The van der Waals surface area contributed by atoms with E-state index in [1.165, 1.54) is 43.4 Å². The third-order valence-electron chi connectivity index (χ3n) is 9.80. The average molecular weight is 600 g/mol. The molecule has 0 saturated carbocycles. The van der Waals surface area contributed by atoms with Crippen LogP contribution in [0.25, 0.3) is 93.6 Å². The minimum Gasteiger partial charge on any atom is -0.309 e. The normalized spacial score (nSPS) is 12.3. The molecule has 4 aromatic heterocycles. The first-order chi connectivity index (χ1) is 23.3. The molecular formula is C42H25N5. The predicted molar refractivity (Wildman–Crippen MR) is 194 cm³/mol. The van der Waals surface area contributed by atoms with Gasteiger partial charge in [0.25, 0.3) is 0 Å². The van der Waals surface area contributed by atoms with Gasteiger partial charge < -0.3 is 4.57 Å². The van der Waals surface area contributed by atoms with Crippen molar-refractivity contribution >= 4 is 82.0 Å². The number of aromatic nitrogens is 5. The Kier molecular flexibility index (Phi) is 4.78. The Morgan fingerprint density at radius 3 is 1.81 bits per heavy atom. The van der Waals surface area contributed by atoms with Crippen molar-refractivity contribution < 1.29 is 0 Å². The highest BCUT2D eigenvalue weighted by molar-refractivity contribution is 6.19. The lowest BCUT2D eigenvalue weighted by Crippen LogP contribution is -2.06. The molecule has 0 aliphatic heterocycles. The highest BCUT2D eigenvalue weighted by Gasteiger charge is 2.21. The van der Waals surface area contributed by atoms with Gasteiger partial charge in [-0.2, -0.15) is 0 Å². The summed E-state index contributed by atoms with van der Waals surface area (Å²) in [4.78, 5) is 10.5. The van der Waals surface area contributed by atoms with Crippen molar-refractivity contribution in [3.63, 3.8) is 0 Å². The number of imidazole rings is 1. The molecule has 0 unspecified atom stereocenters. The summed E-state index contributed by atoms with van der Waals surface area (Å²) in [5.74, 6) is 0.823. The molecule has 0 saturated heterocycles. The number of fused-ring (bicyclic) bond motifs is 13. The van der Waals surface area contributed by atoms with Gasteiger partial charge in [0.15, 0.2) is 0 Å². The van der Waals surface area contributed by atoms with Crippen LogP contribution in [0.3, 0.4) is 0 Å². The number of benzene rings is 7. The Bertz CT molecular complexity index is 3080. The van der Waals surface area contributed by atoms with Crippen molar-refractivity contribution in [2.45, 2.75) is 0 Å². The maximum atomic E-state index is 5.38. The molecule has 218 valence electrons. The van der Waals surface area contributed by atoms with Crippen LogP contribution in [-0.2, 0) is 0 Å². The Balaban J connectivity index is 1.32. The van der Waals surface area contributed by atoms with Crippen LogP contribution in [0.1, 0.15) is 0 Å². The number of para-hydroxylation sites is 5. The van der Waals surface area contributed by atoms with Gasteiger partial charge in [-0.1, -0.05) is 103 Å². The van der Waals surface area contributed by atoms with Gasteiger partial charge in [-0.25, -0.2) is 9.97 Å². The second-order valence-corrected chi connectivity index (χ2v) is 12.3. The lowest BCUT2D eigenvalue weighted by Gasteiger charge is -2.14. The van der Waals surface area contributed by atoms with Gasteiger partial charge in [-0.05, 0) is 53.9 Å². The van der Waals surface area contributed by atoms with E-state index in [1.54, 1.807) is 0 Å². The number of hydrogen-bond donors (Lipinski definition) is 0. The molecule has 0 amide bonds. The van der Waals surface area contributed by atoms with Crippen molar-refractivity contribution in [2.24, 2.45) is 0 Å². The van der Waals surface area contributed by atoms with Crippen LogP contribution in [0.5, 0.6) is 0 Å². The van der Waals surface area contributed by atoms with E-state index >= 15 is 0 Å². The van der Waals surface area contributed by atoms with Gasteiger partial charge in [0.2, 0.25) is 5.95 Å². The van der Waals surface area contributed by atoms with Crippen molar-refractivity contribution in [3.05, 3.63) is 152 Å². The monoisotopic (exact) mass is 599 g/mol. The van der Waals surface area contributed by atoms with E-state index in [-0.39, 0.29) is 0 Å². The van der Waals surface area contributed by atoms with E-state index in [0.29, 0.717) is 0 Å². The molecule has 0 fully saturated rings. The molecule has 0 atom stereocenters. The molecule has 0 aliphatic carbocycles. The standard InChI is InChI=1S/C42H25N5/c1-2-12-28-26(11-1)21-23-32-30-14-5-8-18-36(30)45(40(28)32)27-22-24-31-29-13-4-9-19-37(29)46(39(31)25-27)42-44-34-16-6-3-15-33(34)41-43-35-17-7-10-20-38(35)47(41)42/h1-25H. The molecule has 5 nitrogen and oxygen atoms in total. The second-order valence-electron chi connectivity index (χ2n) is 12.3. The van der Waals surface area contributed by atoms with Crippen molar-refractivity contribution in [1.82, 2.24) is 23.5 Å². The summed E-state index contributed by atoms with van der Waals surface area (Å²) in [5, 5.41) is 8.38. The van der Waals surface area contributed by atoms with Crippen LogP contribution in [0.2, 0.25) is 0 Å². The van der Waals surface area contributed by atoms with E-state index < -0.39 is 0 Å². The Morgan fingerprint density at radius 2 is 0.979 bits per heavy atom. The molecule has 11 aromatic rings. The zero-order valence-corrected chi connectivity index (χ0v) is 25.2. The minimum absolute atomic E-state index is 0.823. The first kappa shape index (κ1) is 24.8. The van der Waals surface area contributed by atoms with Crippen LogP contribution in [0, 0.1) is 0 Å². The Labute approximate surface area is 268 Å². The average Bonchev–Trinajstić information content (AvgIpc) is 3.79. The highest BCUT2D eigenvalue weighted by atomic mass is 15.2. The summed E-state index contributed by atoms with van der Waals surface area (Å²) in [7, 11) is 0. The number of hydrogen-bond acceptors (Lipinski definition) is 2. The van der Waals surface area contributed by atoms with E-state index in [1.807, 2.05) is 6.07 Å².